The van der Waals surface area contributed by atoms with Crippen molar-refractivity contribution in [1.82, 2.24) is 10.4 Å². The molecule has 0 radical (unpaired) electrons. The van der Waals surface area contributed by atoms with E-state index in [2.05, 4.69) is 20.2 Å². The van der Waals surface area contributed by atoms with Gasteiger partial charge in [0.2, 0.25) is 0 Å². The molecule has 2 aromatic rings. The first-order valence-corrected chi connectivity index (χ1v) is 5.93. The maximum atomic E-state index is 12.0. The number of amides is 1. The Balaban J connectivity index is 1.91. The Bertz CT molecular complexity index is 616. The minimum atomic E-state index is -2.86. The van der Waals surface area contributed by atoms with E-state index in [1.165, 1.54) is 36.7 Å². The summed E-state index contributed by atoms with van der Waals surface area (Å²) in [6, 6.07) is 9.09. The van der Waals surface area contributed by atoms with Gasteiger partial charge in [0.1, 0.15) is 5.75 Å². The van der Waals surface area contributed by atoms with Gasteiger partial charge in [-0.1, -0.05) is 0 Å². The van der Waals surface area contributed by atoms with E-state index in [1.807, 2.05) is 0 Å². The fourth-order valence-electron chi connectivity index (χ4n) is 1.46. The number of hydrogen-bond donors (Lipinski definition) is 1. The third-order valence-corrected chi connectivity index (χ3v) is 2.41. The molecule has 0 atom stereocenters. The van der Waals surface area contributed by atoms with Crippen molar-refractivity contribution in [3.8, 4) is 5.75 Å². The van der Waals surface area contributed by atoms with E-state index < -0.39 is 12.5 Å². The summed E-state index contributed by atoms with van der Waals surface area (Å²) in [5.41, 5.74) is 3.35. The minimum Gasteiger partial charge on any atom is -0.435 e. The summed E-state index contributed by atoms with van der Waals surface area (Å²) in [5, 5.41) is 3.77. The van der Waals surface area contributed by atoms with E-state index in [1.54, 1.807) is 18.3 Å². The topological polar surface area (TPSA) is 63.6 Å². The van der Waals surface area contributed by atoms with Crippen LogP contribution in [0.1, 0.15) is 15.9 Å². The monoisotopic (exact) mass is 291 g/mol. The van der Waals surface area contributed by atoms with E-state index in [-0.39, 0.29) is 5.75 Å². The van der Waals surface area contributed by atoms with E-state index in [0.29, 0.717) is 11.1 Å². The Morgan fingerprint density at radius 3 is 2.67 bits per heavy atom. The van der Waals surface area contributed by atoms with Gasteiger partial charge in [-0.3, -0.25) is 9.78 Å². The molecule has 1 N–H and O–H groups in total. The average molecular weight is 291 g/mol. The molecule has 0 spiro atoms. The van der Waals surface area contributed by atoms with Crippen LogP contribution >= 0.6 is 0 Å². The molecule has 0 saturated heterocycles. The van der Waals surface area contributed by atoms with E-state index >= 15 is 0 Å². The average Bonchev–Trinajstić information content (AvgIpc) is 2.49. The van der Waals surface area contributed by atoms with E-state index in [9.17, 15) is 13.6 Å². The molecule has 21 heavy (non-hydrogen) atoms. The van der Waals surface area contributed by atoms with Gasteiger partial charge in [0.25, 0.3) is 5.91 Å². The Hall–Kier alpha value is -2.83. The Morgan fingerprint density at radius 1 is 1.29 bits per heavy atom. The van der Waals surface area contributed by atoms with Crippen LogP contribution in [0, 0.1) is 0 Å². The first-order valence-electron chi connectivity index (χ1n) is 5.93. The van der Waals surface area contributed by atoms with Crippen LogP contribution in [0.2, 0.25) is 0 Å². The molecule has 0 saturated carbocycles. The third kappa shape index (κ3) is 4.64. The second kappa shape index (κ2) is 7.09. The number of halogens is 2. The fraction of sp³-hybridized carbons (Fsp3) is 0.0714. The molecule has 5 nitrogen and oxygen atoms in total. The van der Waals surface area contributed by atoms with Crippen molar-refractivity contribution >= 4 is 12.1 Å². The minimum absolute atomic E-state index is 0.0570. The van der Waals surface area contributed by atoms with Crippen LogP contribution in [0.3, 0.4) is 0 Å². The van der Waals surface area contributed by atoms with Crippen LogP contribution in [-0.2, 0) is 0 Å². The van der Waals surface area contributed by atoms with Crippen molar-refractivity contribution in [2.24, 2.45) is 5.10 Å². The van der Waals surface area contributed by atoms with Crippen LogP contribution in [0.4, 0.5) is 8.78 Å². The molecule has 1 heterocycles. The second-order valence-electron chi connectivity index (χ2n) is 3.89. The van der Waals surface area contributed by atoms with Gasteiger partial charge >= 0.3 is 6.61 Å². The van der Waals surface area contributed by atoms with Gasteiger partial charge in [-0.2, -0.15) is 13.9 Å². The predicted molar refractivity (Wildman–Crippen MR) is 72.4 cm³/mol. The Labute approximate surface area is 119 Å². The van der Waals surface area contributed by atoms with Crippen molar-refractivity contribution in [3.63, 3.8) is 0 Å². The van der Waals surface area contributed by atoms with Gasteiger partial charge in [0, 0.05) is 12.4 Å². The summed E-state index contributed by atoms with van der Waals surface area (Å²) in [4.78, 5) is 15.5. The van der Waals surface area contributed by atoms with Crippen molar-refractivity contribution in [3.05, 3.63) is 59.9 Å². The standard InChI is InChI=1S/C14H11F2N3O2/c15-14(16)21-12-5-3-10(4-6-12)8-18-19-13(20)11-2-1-7-17-9-11/h1-9,14H,(H,19,20)/b18-8+. The van der Waals surface area contributed by atoms with Crippen molar-refractivity contribution in [1.29, 1.82) is 0 Å². The number of benzene rings is 1. The normalized spacial score (nSPS) is 10.8. The van der Waals surface area contributed by atoms with Crippen molar-refractivity contribution in [2.75, 3.05) is 0 Å². The number of nitrogens with zero attached hydrogens (tertiary/aromatic N) is 2. The maximum absolute atomic E-state index is 12.0. The molecule has 0 aliphatic carbocycles. The highest BCUT2D eigenvalue weighted by atomic mass is 19.3. The first-order chi connectivity index (χ1) is 10.1. The lowest BCUT2D eigenvalue weighted by Gasteiger charge is -2.03. The van der Waals surface area contributed by atoms with E-state index in [4.69, 9.17) is 0 Å². The zero-order valence-electron chi connectivity index (χ0n) is 10.7. The van der Waals surface area contributed by atoms with Gasteiger partial charge in [-0.05, 0) is 42.0 Å². The summed E-state index contributed by atoms with van der Waals surface area (Å²) in [6.45, 7) is -2.86. The number of alkyl halides is 2. The van der Waals surface area contributed by atoms with Crippen LogP contribution in [-0.4, -0.2) is 23.7 Å². The van der Waals surface area contributed by atoms with Crippen LogP contribution in [0.25, 0.3) is 0 Å². The van der Waals surface area contributed by atoms with Gasteiger partial charge in [0.05, 0.1) is 11.8 Å². The van der Waals surface area contributed by atoms with Gasteiger partial charge in [-0.25, -0.2) is 5.43 Å². The van der Waals surface area contributed by atoms with E-state index in [0.717, 1.165) is 0 Å². The molecule has 7 heteroatoms. The summed E-state index contributed by atoms with van der Waals surface area (Å²) < 4.78 is 28.2. The molecule has 0 aliphatic rings. The Morgan fingerprint density at radius 2 is 2.05 bits per heavy atom. The number of hydrogen-bond acceptors (Lipinski definition) is 4. The number of carbonyl (C=O) groups excluding carboxylic acids is 1. The SMILES string of the molecule is O=C(N/N=C/c1ccc(OC(F)F)cc1)c1cccnc1. The molecule has 108 valence electrons. The lowest BCUT2D eigenvalue weighted by Crippen LogP contribution is -2.17. The largest absolute Gasteiger partial charge is 0.435 e. The number of rotatable bonds is 5. The highest BCUT2D eigenvalue weighted by molar-refractivity contribution is 5.94. The lowest BCUT2D eigenvalue weighted by molar-refractivity contribution is -0.0498. The first kappa shape index (κ1) is 14.6. The van der Waals surface area contributed by atoms with Crippen LogP contribution in [0.5, 0.6) is 5.75 Å². The molecule has 0 bridgehead atoms. The zero-order valence-corrected chi connectivity index (χ0v) is 10.7. The number of pyridine rings is 1. The van der Waals surface area contributed by atoms with Crippen LogP contribution in [0.15, 0.2) is 53.9 Å². The molecule has 1 amide bonds. The smallest absolute Gasteiger partial charge is 0.387 e. The summed E-state index contributed by atoms with van der Waals surface area (Å²) in [6.07, 6.45) is 4.37. The highest BCUT2D eigenvalue weighted by Gasteiger charge is 2.04. The molecule has 0 aliphatic heterocycles. The molecule has 1 aromatic carbocycles. The summed E-state index contributed by atoms with van der Waals surface area (Å²) in [5.74, 6) is -0.335. The third-order valence-electron chi connectivity index (χ3n) is 2.41. The molecule has 2 rings (SSSR count). The second-order valence-corrected chi connectivity index (χ2v) is 3.89. The molecular weight excluding hydrogens is 280 g/mol. The predicted octanol–water partition coefficient (Wildman–Crippen LogP) is 2.45. The molecular formula is C14H11F2N3O2. The summed E-state index contributed by atoms with van der Waals surface area (Å²) >= 11 is 0. The number of ether oxygens (including phenoxy) is 1. The van der Waals surface area contributed by atoms with Gasteiger partial charge in [-0.15, -0.1) is 0 Å². The molecule has 1 aromatic heterocycles. The number of carbonyl (C=O) groups is 1. The van der Waals surface area contributed by atoms with Gasteiger partial charge < -0.3 is 4.74 Å². The van der Waals surface area contributed by atoms with Crippen molar-refractivity contribution in [2.45, 2.75) is 6.61 Å². The quantitative estimate of drug-likeness (QED) is 0.680. The molecule has 0 unspecified atom stereocenters. The number of aromatic nitrogens is 1. The maximum Gasteiger partial charge on any atom is 0.387 e. The number of nitrogens with one attached hydrogen (secondary N) is 1. The van der Waals surface area contributed by atoms with Crippen molar-refractivity contribution < 1.29 is 18.3 Å². The number of hydrazone groups is 1. The molecule has 0 fully saturated rings. The zero-order chi connectivity index (χ0) is 15.1. The van der Waals surface area contributed by atoms with Gasteiger partial charge in [0.15, 0.2) is 0 Å². The highest BCUT2D eigenvalue weighted by Crippen LogP contribution is 2.13. The van der Waals surface area contributed by atoms with Crippen LogP contribution < -0.4 is 10.2 Å². The lowest BCUT2D eigenvalue weighted by atomic mass is 10.2. The Kier molecular flexibility index (Phi) is 4.92. The summed E-state index contributed by atoms with van der Waals surface area (Å²) in [7, 11) is 0. The fourth-order valence-corrected chi connectivity index (χ4v) is 1.46.